The lowest BCUT2D eigenvalue weighted by atomic mass is 10.4. The molecule has 1 aliphatic heterocycles. The van der Waals surface area contributed by atoms with Crippen LogP contribution in [-0.4, -0.2) is 43.3 Å². The molecule has 1 aliphatic rings. The Balaban J connectivity index is 1.56. The van der Waals surface area contributed by atoms with Crippen LogP contribution in [0.4, 0.5) is 11.6 Å². The number of aromatic nitrogens is 5. The van der Waals surface area contributed by atoms with E-state index in [1.165, 1.54) is 4.40 Å². The summed E-state index contributed by atoms with van der Waals surface area (Å²) in [6.07, 6.45) is 3.91. The Bertz CT molecular complexity index is 981. The molecule has 0 atom stereocenters. The Morgan fingerprint density at radius 3 is 2.88 bits per heavy atom. The predicted molar refractivity (Wildman–Crippen MR) is 88.6 cm³/mol. The number of fused-ring (bicyclic) bond motifs is 1. The number of nitrogens with zero attached hydrogens (tertiary/aromatic N) is 6. The van der Waals surface area contributed by atoms with Gasteiger partial charge in [0.25, 0.3) is 5.78 Å². The summed E-state index contributed by atoms with van der Waals surface area (Å²) in [6.45, 7) is 3.40. The fraction of sp³-hybridized carbons (Fsp3) is 0.400. The first-order valence-corrected chi connectivity index (χ1v) is 8.04. The summed E-state index contributed by atoms with van der Waals surface area (Å²) in [5.74, 6) is 1.54. The van der Waals surface area contributed by atoms with Gasteiger partial charge in [-0.2, -0.15) is 4.98 Å². The normalized spacial score (nSPS) is 14.4. The monoisotopic (exact) mass is 343 g/mol. The summed E-state index contributed by atoms with van der Waals surface area (Å²) in [7, 11) is 0. The minimum atomic E-state index is -0.418. The van der Waals surface area contributed by atoms with Crippen molar-refractivity contribution < 1.29 is 9.32 Å². The molecule has 0 spiro atoms. The van der Waals surface area contributed by atoms with Gasteiger partial charge in [-0.05, 0) is 25.8 Å². The van der Waals surface area contributed by atoms with Gasteiger partial charge in [0.15, 0.2) is 5.82 Å². The molecular weight excluding hydrogens is 326 g/mol. The predicted octanol–water partition coefficient (Wildman–Crippen LogP) is 0.426. The zero-order chi connectivity index (χ0) is 17.4. The van der Waals surface area contributed by atoms with E-state index in [0.717, 1.165) is 36.4 Å². The van der Waals surface area contributed by atoms with Crippen molar-refractivity contribution in [3.8, 4) is 0 Å². The second-order valence-corrected chi connectivity index (χ2v) is 5.96. The summed E-state index contributed by atoms with van der Waals surface area (Å²) in [4.78, 5) is 31.0. The molecule has 10 heteroatoms. The van der Waals surface area contributed by atoms with Gasteiger partial charge in [-0.1, -0.05) is 5.16 Å². The van der Waals surface area contributed by atoms with Crippen molar-refractivity contribution >= 4 is 23.3 Å². The zero-order valence-corrected chi connectivity index (χ0v) is 13.7. The standard InChI is InChI=1S/C15H17N7O3/c1-10-8-11(19-25-10)16-13(23)9-22-15(24)21-7-4-12(17-14(21)18-22)20-5-2-3-6-20/h4,7-8H,2-3,5-6,9H2,1H3,(H,16,19,23). The number of aryl methyl sites for hydroxylation is 1. The Morgan fingerprint density at radius 2 is 2.16 bits per heavy atom. The van der Waals surface area contributed by atoms with Crippen LogP contribution in [0.2, 0.25) is 0 Å². The first-order chi connectivity index (χ1) is 12.1. The van der Waals surface area contributed by atoms with E-state index in [1.807, 2.05) is 0 Å². The number of carbonyl (C=O) groups is 1. The van der Waals surface area contributed by atoms with E-state index in [1.54, 1.807) is 25.3 Å². The van der Waals surface area contributed by atoms with Gasteiger partial charge in [0.05, 0.1) is 0 Å². The molecule has 25 heavy (non-hydrogen) atoms. The molecule has 0 saturated carbocycles. The van der Waals surface area contributed by atoms with E-state index < -0.39 is 11.6 Å². The molecular formula is C15H17N7O3. The summed E-state index contributed by atoms with van der Waals surface area (Å²) in [5, 5.41) is 10.4. The fourth-order valence-corrected chi connectivity index (χ4v) is 2.87. The van der Waals surface area contributed by atoms with Crippen molar-refractivity contribution in [2.75, 3.05) is 23.3 Å². The maximum atomic E-state index is 12.3. The Kier molecular flexibility index (Phi) is 3.71. The maximum absolute atomic E-state index is 12.3. The summed E-state index contributed by atoms with van der Waals surface area (Å²) in [5.41, 5.74) is -0.415. The van der Waals surface area contributed by atoms with E-state index in [-0.39, 0.29) is 12.3 Å². The van der Waals surface area contributed by atoms with Crippen molar-refractivity contribution in [2.24, 2.45) is 0 Å². The van der Waals surface area contributed by atoms with Crippen molar-refractivity contribution in [2.45, 2.75) is 26.3 Å². The number of nitrogens with one attached hydrogen (secondary N) is 1. The van der Waals surface area contributed by atoms with Gasteiger partial charge in [0.1, 0.15) is 18.1 Å². The quantitative estimate of drug-likeness (QED) is 0.731. The van der Waals surface area contributed by atoms with Crippen LogP contribution < -0.4 is 15.9 Å². The third-order valence-electron chi connectivity index (χ3n) is 4.06. The molecule has 0 unspecified atom stereocenters. The Hall–Kier alpha value is -3.17. The minimum absolute atomic E-state index is 0.229. The van der Waals surface area contributed by atoms with E-state index >= 15 is 0 Å². The lowest BCUT2D eigenvalue weighted by molar-refractivity contribution is -0.117. The van der Waals surface area contributed by atoms with Crippen LogP contribution in [0.3, 0.4) is 0 Å². The van der Waals surface area contributed by atoms with Gasteiger partial charge >= 0.3 is 5.69 Å². The maximum Gasteiger partial charge on any atom is 0.352 e. The third kappa shape index (κ3) is 2.97. The lowest BCUT2D eigenvalue weighted by Crippen LogP contribution is -2.28. The molecule has 1 fully saturated rings. The van der Waals surface area contributed by atoms with E-state index in [4.69, 9.17) is 4.52 Å². The molecule has 4 heterocycles. The van der Waals surface area contributed by atoms with E-state index in [2.05, 4.69) is 25.5 Å². The molecule has 10 nitrogen and oxygen atoms in total. The molecule has 4 rings (SSSR count). The second-order valence-electron chi connectivity index (χ2n) is 5.96. The van der Waals surface area contributed by atoms with Gasteiger partial charge in [-0.15, -0.1) is 5.10 Å². The van der Waals surface area contributed by atoms with Gasteiger partial charge in [0.2, 0.25) is 5.91 Å². The summed E-state index contributed by atoms with van der Waals surface area (Å²) in [6, 6.07) is 3.39. The third-order valence-corrected chi connectivity index (χ3v) is 4.06. The number of rotatable bonds is 4. The van der Waals surface area contributed by atoms with Gasteiger partial charge in [-0.25, -0.2) is 13.9 Å². The fourth-order valence-electron chi connectivity index (χ4n) is 2.87. The van der Waals surface area contributed by atoms with Crippen molar-refractivity contribution in [1.29, 1.82) is 0 Å². The highest BCUT2D eigenvalue weighted by atomic mass is 16.5. The van der Waals surface area contributed by atoms with Crippen molar-refractivity contribution in [3.05, 3.63) is 34.6 Å². The molecule has 1 N–H and O–H groups in total. The first-order valence-electron chi connectivity index (χ1n) is 8.04. The van der Waals surface area contributed by atoms with E-state index in [0.29, 0.717) is 11.6 Å². The molecule has 3 aromatic rings. The Morgan fingerprint density at radius 1 is 1.36 bits per heavy atom. The smallest absolute Gasteiger partial charge is 0.352 e. The zero-order valence-electron chi connectivity index (χ0n) is 13.7. The molecule has 0 radical (unpaired) electrons. The van der Waals surface area contributed by atoms with Crippen LogP contribution in [-0.2, 0) is 11.3 Å². The van der Waals surface area contributed by atoms with Crippen molar-refractivity contribution in [1.82, 2.24) is 24.3 Å². The van der Waals surface area contributed by atoms with Gasteiger partial charge in [-0.3, -0.25) is 4.79 Å². The van der Waals surface area contributed by atoms with E-state index in [9.17, 15) is 9.59 Å². The second kappa shape index (κ2) is 6.04. The van der Waals surface area contributed by atoms with Crippen molar-refractivity contribution in [3.63, 3.8) is 0 Å². The average molecular weight is 343 g/mol. The SMILES string of the molecule is Cc1cc(NC(=O)Cn2nc3nc(N4CCCC4)ccn3c2=O)no1. The number of amides is 1. The first kappa shape index (κ1) is 15.4. The summed E-state index contributed by atoms with van der Waals surface area (Å²) >= 11 is 0. The molecule has 0 aromatic carbocycles. The molecule has 3 aromatic heterocycles. The number of carbonyl (C=O) groups excluding carboxylic acids is 1. The highest BCUT2D eigenvalue weighted by Gasteiger charge is 2.17. The van der Waals surface area contributed by atoms with Crippen LogP contribution >= 0.6 is 0 Å². The van der Waals surface area contributed by atoms with Gasteiger partial charge < -0.3 is 14.7 Å². The Labute approximate surface area is 142 Å². The highest BCUT2D eigenvalue weighted by molar-refractivity contribution is 5.89. The number of hydrogen-bond acceptors (Lipinski definition) is 7. The molecule has 130 valence electrons. The number of hydrogen-bond donors (Lipinski definition) is 1. The van der Waals surface area contributed by atoms with Crippen LogP contribution in [0.1, 0.15) is 18.6 Å². The topological polar surface area (TPSA) is 111 Å². The lowest BCUT2D eigenvalue weighted by Gasteiger charge is -2.15. The molecule has 0 bridgehead atoms. The van der Waals surface area contributed by atoms with Gasteiger partial charge in [0, 0.05) is 25.4 Å². The largest absolute Gasteiger partial charge is 0.360 e. The summed E-state index contributed by atoms with van der Waals surface area (Å²) < 4.78 is 7.29. The minimum Gasteiger partial charge on any atom is -0.360 e. The average Bonchev–Trinajstić information content (AvgIpc) is 3.30. The van der Waals surface area contributed by atoms with Crippen LogP contribution in [0.25, 0.3) is 5.78 Å². The van der Waals surface area contributed by atoms with Crippen LogP contribution in [0, 0.1) is 6.92 Å². The molecule has 1 amide bonds. The highest BCUT2D eigenvalue weighted by Crippen LogP contribution is 2.17. The van der Waals surface area contributed by atoms with Crippen LogP contribution in [0.15, 0.2) is 27.6 Å². The molecule has 1 saturated heterocycles. The number of anilines is 2. The van der Waals surface area contributed by atoms with Crippen LogP contribution in [0.5, 0.6) is 0 Å². The molecule has 0 aliphatic carbocycles.